The summed E-state index contributed by atoms with van der Waals surface area (Å²) in [5.41, 5.74) is 0.733. The van der Waals surface area contributed by atoms with Crippen LogP contribution in [-0.4, -0.2) is 23.9 Å². The number of phenolic OH excluding ortho intramolecular Hbond substituents is 1. The van der Waals surface area contributed by atoms with Gasteiger partial charge < -0.3 is 15.5 Å². The molecule has 0 spiro atoms. The summed E-state index contributed by atoms with van der Waals surface area (Å²) in [6.45, 7) is -0.0237. The monoisotopic (exact) mass is 293 g/mol. The number of rotatable bonds is 3. The van der Waals surface area contributed by atoms with Gasteiger partial charge >= 0.3 is 0 Å². The lowest BCUT2D eigenvalue weighted by molar-refractivity contribution is 0.248. The van der Waals surface area contributed by atoms with Gasteiger partial charge in [-0.25, -0.2) is 0 Å². The second kappa shape index (κ2) is 4.78. The standard InChI is InChI=1S/C9H12INO2/c1-11-8(5-12)7-4-6(10)2-3-9(7)13/h2-4,8,11-13H,5H2,1H3. The Bertz CT molecular complexity index is 287. The molecule has 1 atom stereocenters. The highest BCUT2D eigenvalue weighted by molar-refractivity contribution is 14.1. The van der Waals surface area contributed by atoms with Crippen LogP contribution < -0.4 is 5.32 Å². The van der Waals surface area contributed by atoms with E-state index < -0.39 is 0 Å². The molecule has 1 aromatic carbocycles. The molecule has 3 N–H and O–H groups in total. The maximum atomic E-state index is 9.51. The summed E-state index contributed by atoms with van der Waals surface area (Å²) in [7, 11) is 1.75. The van der Waals surface area contributed by atoms with Crippen molar-refractivity contribution in [3.8, 4) is 5.75 Å². The van der Waals surface area contributed by atoms with Crippen molar-refractivity contribution < 1.29 is 10.2 Å². The highest BCUT2D eigenvalue weighted by Gasteiger charge is 2.12. The molecule has 13 heavy (non-hydrogen) atoms. The molecule has 0 heterocycles. The average Bonchev–Trinajstić information content (AvgIpc) is 2.13. The van der Waals surface area contributed by atoms with E-state index in [1.807, 2.05) is 12.1 Å². The van der Waals surface area contributed by atoms with Gasteiger partial charge in [-0.3, -0.25) is 0 Å². The maximum absolute atomic E-state index is 9.51. The van der Waals surface area contributed by atoms with Gasteiger partial charge in [-0.2, -0.15) is 0 Å². The Morgan fingerprint density at radius 3 is 2.77 bits per heavy atom. The van der Waals surface area contributed by atoms with Gasteiger partial charge in [0.15, 0.2) is 0 Å². The summed E-state index contributed by atoms with van der Waals surface area (Å²) in [5, 5.41) is 21.5. The summed E-state index contributed by atoms with van der Waals surface area (Å²) < 4.78 is 1.04. The summed E-state index contributed by atoms with van der Waals surface area (Å²) in [4.78, 5) is 0. The molecule has 4 heteroatoms. The Kier molecular flexibility index (Phi) is 3.95. The number of halogens is 1. The van der Waals surface area contributed by atoms with Crippen molar-refractivity contribution in [3.63, 3.8) is 0 Å². The van der Waals surface area contributed by atoms with Crippen molar-refractivity contribution in [2.45, 2.75) is 6.04 Å². The van der Waals surface area contributed by atoms with Gasteiger partial charge in [0.1, 0.15) is 5.75 Å². The molecule has 3 nitrogen and oxygen atoms in total. The molecule has 0 amide bonds. The van der Waals surface area contributed by atoms with E-state index in [1.165, 1.54) is 0 Å². The molecule has 1 unspecified atom stereocenters. The van der Waals surface area contributed by atoms with Gasteiger partial charge in [0.25, 0.3) is 0 Å². The number of benzene rings is 1. The Hall–Kier alpha value is -0.330. The molecular weight excluding hydrogens is 281 g/mol. The van der Waals surface area contributed by atoms with Crippen LogP contribution >= 0.6 is 22.6 Å². The number of nitrogens with one attached hydrogen (secondary N) is 1. The van der Waals surface area contributed by atoms with Crippen LogP contribution in [0.1, 0.15) is 11.6 Å². The molecule has 0 saturated heterocycles. The first-order chi connectivity index (χ1) is 6.19. The van der Waals surface area contributed by atoms with Crippen molar-refractivity contribution in [1.29, 1.82) is 0 Å². The first kappa shape index (κ1) is 10.7. The molecule has 0 saturated carbocycles. The van der Waals surface area contributed by atoms with Gasteiger partial charge in [0.2, 0.25) is 0 Å². The summed E-state index contributed by atoms with van der Waals surface area (Å²) >= 11 is 2.17. The highest BCUT2D eigenvalue weighted by Crippen LogP contribution is 2.25. The van der Waals surface area contributed by atoms with Crippen LogP contribution in [-0.2, 0) is 0 Å². The van der Waals surface area contributed by atoms with E-state index in [9.17, 15) is 5.11 Å². The van der Waals surface area contributed by atoms with Crippen LogP contribution in [0.4, 0.5) is 0 Å². The Labute approximate surface area is 90.9 Å². The number of hydrogen-bond donors (Lipinski definition) is 3. The zero-order valence-electron chi connectivity index (χ0n) is 7.29. The van der Waals surface area contributed by atoms with E-state index in [0.29, 0.717) is 0 Å². The molecule has 0 fully saturated rings. The molecule has 0 aliphatic carbocycles. The summed E-state index contributed by atoms with van der Waals surface area (Å²) in [5.74, 6) is 0.216. The third-order valence-electron chi connectivity index (χ3n) is 1.90. The fourth-order valence-electron chi connectivity index (χ4n) is 1.15. The third kappa shape index (κ3) is 2.55. The van der Waals surface area contributed by atoms with Gasteiger partial charge in [-0.15, -0.1) is 0 Å². The van der Waals surface area contributed by atoms with Crippen LogP contribution in [0, 0.1) is 3.57 Å². The van der Waals surface area contributed by atoms with E-state index in [0.717, 1.165) is 9.13 Å². The first-order valence-corrected chi connectivity index (χ1v) is 5.03. The number of hydrogen-bond acceptors (Lipinski definition) is 3. The van der Waals surface area contributed by atoms with Crippen molar-refractivity contribution in [1.82, 2.24) is 5.32 Å². The maximum Gasteiger partial charge on any atom is 0.120 e. The molecular formula is C9H12INO2. The zero-order valence-corrected chi connectivity index (χ0v) is 9.45. The van der Waals surface area contributed by atoms with Crippen LogP contribution in [0.15, 0.2) is 18.2 Å². The molecule has 0 aliphatic heterocycles. The Morgan fingerprint density at radius 1 is 1.54 bits per heavy atom. The second-order valence-electron chi connectivity index (χ2n) is 2.73. The minimum Gasteiger partial charge on any atom is -0.508 e. The van der Waals surface area contributed by atoms with E-state index in [-0.39, 0.29) is 18.4 Å². The predicted molar refractivity (Wildman–Crippen MR) is 59.7 cm³/mol. The smallest absolute Gasteiger partial charge is 0.120 e. The molecule has 1 rings (SSSR count). The minimum absolute atomic E-state index is 0.0237. The van der Waals surface area contributed by atoms with Crippen molar-refractivity contribution in [3.05, 3.63) is 27.3 Å². The van der Waals surface area contributed by atoms with Crippen LogP contribution in [0.2, 0.25) is 0 Å². The number of aliphatic hydroxyl groups is 1. The quantitative estimate of drug-likeness (QED) is 0.735. The number of aliphatic hydroxyl groups excluding tert-OH is 1. The Balaban J connectivity index is 3.03. The van der Waals surface area contributed by atoms with Gasteiger partial charge in [-0.1, -0.05) is 0 Å². The van der Waals surface area contributed by atoms with Crippen molar-refractivity contribution in [2.24, 2.45) is 0 Å². The lowest BCUT2D eigenvalue weighted by Gasteiger charge is -2.15. The lowest BCUT2D eigenvalue weighted by Crippen LogP contribution is -2.20. The Morgan fingerprint density at radius 2 is 2.23 bits per heavy atom. The average molecular weight is 293 g/mol. The number of phenols is 1. The van der Waals surface area contributed by atoms with Crippen LogP contribution in [0.5, 0.6) is 5.75 Å². The largest absolute Gasteiger partial charge is 0.508 e. The topological polar surface area (TPSA) is 52.5 Å². The molecule has 1 aromatic rings. The van der Waals surface area contributed by atoms with Crippen molar-refractivity contribution in [2.75, 3.05) is 13.7 Å². The minimum atomic E-state index is -0.199. The first-order valence-electron chi connectivity index (χ1n) is 3.95. The zero-order chi connectivity index (χ0) is 9.84. The lowest BCUT2D eigenvalue weighted by atomic mass is 10.1. The molecule has 0 aliphatic rings. The van der Waals surface area contributed by atoms with E-state index in [2.05, 4.69) is 27.9 Å². The number of likely N-dealkylation sites (N-methyl/N-ethyl adjacent to an activating group) is 1. The van der Waals surface area contributed by atoms with Gasteiger partial charge in [-0.05, 0) is 47.8 Å². The van der Waals surface area contributed by atoms with Crippen LogP contribution in [0.3, 0.4) is 0 Å². The predicted octanol–water partition coefficient (Wildman–Crippen LogP) is 1.25. The number of aromatic hydroxyl groups is 1. The SMILES string of the molecule is CNC(CO)c1cc(I)ccc1O. The second-order valence-corrected chi connectivity index (χ2v) is 3.97. The third-order valence-corrected chi connectivity index (χ3v) is 2.57. The highest BCUT2D eigenvalue weighted by atomic mass is 127. The molecule has 72 valence electrons. The fraction of sp³-hybridized carbons (Fsp3) is 0.333. The van der Waals surface area contributed by atoms with Crippen molar-refractivity contribution >= 4 is 22.6 Å². The van der Waals surface area contributed by atoms with Gasteiger partial charge in [0.05, 0.1) is 12.6 Å². The fourth-order valence-corrected chi connectivity index (χ4v) is 1.66. The van der Waals surface area contributed by atoms with E-state index >= 15 is 0 Å². The van der Waals surface area contributed by atoms with E-state index in [1.54, 1.807) is 13.1 Å². The summed E-state index contributed by atoms with van der Waals surface area (Å²) in [6.07, 6.45) is 0. The normalized spacial score (nSPS) is 12.8. The molecule has 0 radical (unpaired) electrons. The molecule has 0 bridgehead atoms. The van der Waals surface area contributed by atoms with Crippen LogP contribution in [0.25, 0.3) is 0 Å². The van der Waals surface area contributed by atoms with E-state index in [4.69, 9.17) is 5.11 Å². The molecule has 0 aromatic heterocycles. The summed E-state index contributed by atoms with van der Waals surface area (Å²) in [6, 6.07) is 5.11. The van der Waals surface area contributed by atoms with Gasteiger partial charge in [0, 0.05) is 9.13 Å².